The standard InChI is InChI=1S/C28H50N4O17/c33-12-15-19(37)21(39)23(41)26(48-15)46-10-8-29-17(35)6-5-14(32-18(36)4-2-1-3-7-31-28(44)45)25(43)30-9-11-47-27-24(42)22(40)20(38)16(13-34)49-27/h14-16,19-24,26-27,31,33-34,37-42H,1-13H2,(H,29,35)(H,30,43)(H,32,36)(H,44,45)/t14?,15-,16-,19-,20-,21+,22+,23+,24+,26+,27+/m1/s1. The number of amides is 4. The lowest BCUT2D eigenvalue weighted by Crippen LogP contribution is -2.59. The molecule has 11 atom stereocenters. The molecule has 4 amide bonds. The van der Waals surface area contributed by atoms with Crippen LogP contribution in [-0.4, -0.2) is 183 Å². The lowest BCUT2D eigenvalue weighted by Gasteiger charge is -2.39. The third kappa shape index (κ3) is 14.2. The van der Waals surface area contributed by atoms with Gasteiger partial charge < -0.3 is 86.2 Å². The van der Waals surface area contributed by atoms with Gasteiger partial charge in [-0.2, -0.15) is 0 Å². The van der Waals surface area contributed by atoms with Crippen LogP contribution in [0.15, 0.2) is 0 Å². The number of aliphatic hydroxyl groups is 8. The predicted octanol–water partition coefficient (Wildman–Crippen LogP) is -6.06. The molecule has 2 aliphatic heterocycles. The molecule has 0 aromatic heterocycles. The van der Waals surface area contributed by atoms with Crippen molar-refractivity contribution in [1.82, 2.24) is 21.3 Å². The Morgan fingerprint density at radius 2 is 1.14 bits per heavy atom. The average Bonchev–Trinajstić information content (AvgIpc) is 3.07. The Labute approximate surface area is 281 Å². The molecule has 0 aromatic rings. The highest BCUT2D eigenvalue weighted by molar-refractivity contribution is 5.88. The first kappa shape index (κ1) is 42.4. The minimum absolute atomic E-state index is 0.0263. The summed E-state index contributed by atoms with van der Waals surface area (Å²) in [4.78, 5) is 48.6. The third-order valence-corrected chi connectivity index (χ3v) is 7.76. The van der Waals surface area contributed by atoms with Crippen molar-refractivity contribution in [3.8, 4) is 0 Å². The van der Waals surface area contributed by atoms with Gasteiger partial charge in [-0.1, -0.05) is 6.42 Å². The molecule has 2 saturated heterocycles. The zero-order chi connectivity index (χ0) is 36.5. The smallest absolute Gasteiger partial charge is 0.404 e. The molecule has 2 aliphatic rings. The molecule has 13 N–H and O–H groups in total. The van der Waals surface area contributed by atoms with Crippen molar-refractivity contribution in [2.45, 2.75) is 106 Å². The zero-order valence-electron chi connectivity index (χ0n) is 26.8. The monoisotopic (exact) mass is 714 g/mol. The number of hydrogen-bond acceptors (Lipinski definition) is 16. The van der Waals surface area contributed by atoms with E-state index >= 15 is 0 Å². The van der Waals surface area contributed by atoms with E-state index in [9.17, 15) is 60.0 Å². The van der Waals surface area contributed by atoms with E-state index in [2.05, 4.69) is 21.3 Å². The molecule has 21 nitrogen and oxygen atoms in total. The first-order chi connectivity index (χ1) is 23.3. The summed E-state index contributed by atoms with van der Waals surface area (Å²) in [6.45, 7) is -1.74. The largest absolute Gasteiger partial charge is 0.465 e. The normalized spacial score (nSPS) is 30.6. The van der Waals surface area contributed by atoms with Crippen molar-refractivity contribution >= 4 is 23.8 Å². The van der Waals surface area contributed by atoms with Gasteiger partial charge in [-0.05, 0) is 19.3 Å². The number of rotatable bonds is 21. The predicted molar refractivity (Wildman–Crippen MR) is 161 cm³/mol. The average molecular weight is 715 g/mol. The molecule has 49 heavy (non-hydrogen) atoms. The molecule has 1 unspecified atom stereocenters. The van der Waals surface area contributed by atoms with Gasteiger partial charge in [-0.3, -0.25) is 14.4 Å². The number of unbranched alkanes of at least 4 members (excludes halogenated alkanes) is 2. The van der Waals surface area contributed by atoms with E-state index in [0.29, 0.717) is 19.3 Å². The third-order valence-electron chi connectivity index (χ3n) is 7.76. The number of nitrogens with one attached hydrogen (secondary N) is 4. The number of carbonyl (C=O) groups is 4. The minimum atomic E-state index is -1.65. The van der Waals surface area contributed by atoms with Gasteiger partial charge >= 0.3 is 6.09 Å². The maximum atomic E-state index is 13.0. The van der Waals surface area contributed by atoms with E-state index in [1.54, 1.807) is 0 Å². The molecule has 0 aromatic carbocycles. The van der Waals surface area contributed by atoms with Crippen molar-refractivity contribution in [1.29, 1.82) is 0 Å². The van der Waals surface area contributed by atoms with Crippen molar-refractivity contribution in [3.05, 3.63) is 0 Å². The van der Waals surface area contributed by atoms with Crippen LogP contribution < -0.4 is 21.3 Å². The SMILES string of the molecule is O=C(O)NCCCCCC(=O)NC(CCC(=O)NCCO[C@H]1O[C@H](CO)[C@@H](O)[C@H](O)[C@@H]1O)C(=O)NCCO[C@H]1O[C@H](CO)[C@@H](O)[C@H](O)[C@@H]1O. The summed E-state index contributed by atoms with van der Waals surface area (Å²) in [6.07, 6.45) is -14.8. The summed E-state index contributed by atoms with van der Waals surface area (Å²) in [7, 11) is 0. The second-order valence-corrected chi connectivity index (χ2v) is 11.5. The lowest BCUT2D eigenvalue weighted by atomic mass is 9.99. The second kappa shape index (κ2) is 22.1. The van der Waals surface area contributed by atoms with E-state index in [-0.39, 0.29) is 52.1 Å². The van der Waals surface area contributed by atoms with E-state index < -0.39 is 104 Å². The van der Waals surface area contributed by atoms with Crippen LogP contribution in [-0.2, 0) is 33.3 Å². The van der Waals surface area contributed by atoms with E-state index in [4.69, 9.17) is 24.1 Å². The minimum Gasteiger partial charge on any atom is -0.465 e. The van der Waals surface area contributed by atoms with Crippen LogP contribution in [0.1, 0.15) is 38.5 Å². The maximum absolute atomic E-state index is 13.0. The van der Waals surface area contributed by atoms with E-state index in [1.165, 1.54) is 0 Å². The van der Waals surface area contributed by atoms with Crippen LogP contribution in [0.3, 0.4) is 0 Å². The summed E-state index contributed by atoms with van der Waals surface area (Å²) in [5.74, 6) is -1.69. The Kier molecular flexibility index (Phi) is 19.1. The Hall–Kier alpha value is -2.80. The van der Waals surface area contributed by atoms with Gasteiger partial charge in [0.1, 0.15) is 54.9 Å². The van der Waals surface area contributed by atoms with Crippen LogP contribution in [0.2, 0.25) is 0 Å². The summed E-state index contributed by atoms with van der Waals surface area (Å²) < 4.78 is 21.1. The Morgan fingerprint density at radius 1 is 0.612 bits per heavy atom. The fourth-order valence-corrected chi connectivity index (χ4v) is 4.93. The van der Waals surface area contributed by atoms with Gasteiger partial charge in [0.05, 0.1) is 26.4 Å². The van der Waals surface area contributed by atoms with Crippen LogP contribution in [0.5, 0.6) is 0 Å². The molecule has 0 bridgehead atoms. The highest BCUT2D eigenvalue weighted by atomic mass is 16.7. The van der Waals surface area contributed by atoms with Crippen LogP contribution >= 0.6 is 0 Å². The lowest BCUT2D eigenvalue weighted by molar-refractivity contribution is -0.300. The number of carbonyl (C=O) groups excluding carboxylic acids is 3. The number of ether oxygens (including phenoxy) is 4. The number of aliphatic hydroxyl groups excluding tert-OH is 8. The van der Waals surface area contributed by atoms with Gasteiger partial charge in [-0.25, -0.2) is 4.79 Å². The molecule has 2 heterocycles. The molecule has 0 radical (unpaired) electrons. The van der Waals surface area contributed by atoms with Crippen LogP contribution in [0, 0.1) is 0 Å². The van der Waals surface area contributed by atoms with E-state index in [0.717, 1.165) is 0 Å². The van der Waals surface area contributed by atoms with Crippen molar-refractivity contribution in [3.63, 3.8) is 0 Å². The number of carboxylic acid groups (broad SMARTS) is 1. The molecule has 21 heteroatoms. The van der Waals surface area contributed by atoms with Gasteiger partial charge in [0, 0.05) is 32.5 Å². The number of hydrogen-bond donors (Lipinski definition) is 13. The molecule has 2 rings (SSSR count). The quantitative estimate of drug-likeness (QED) is 0.0492. The highest BCUT2D eigenvalue weighted by Crippen LogP contribution is 2.23. The second-order valence-electron chi connectivity index (χ2n) is 11.5. The van der Waals surface area contributed by atoms with Gasteiger partial charge in [0.15, 0.2) is 12.6 Å². The van der Waals surface area contributed by atoms with Gasteiger partial charge in [-0.15, -0.1) is 0 Å². The van der Waals surface area contributed by atoms with Gasteiger partial charge in [0.25, 0.3) is 0 Å². The maximum Gasteiger partial charge on any atom is 0.404 e. The van der Waals surface area contributed by atoms with Crippen molar-refractivity contribution in [2.24, 2.45) is 0 Å². The molecule has 0 aliphatic carbocycles. The fourth-order valence-electron chi connectivity index (χ4n) is 4.93. The Morgan fingerprint density at radius 3 is 1.65 bits per heavy atom. The molecule has 0 spiro atoms. The van der Waals surface area contributed by atoms with Crippen LogP contribution in [0.25, 0.3) is 0 Å². The molecule has 0 saturated carbocycles. The van der Waals surface area contributed by atoms with Crippen molar-refractivity contribution in [2.75, 3.05) is 46.1 Å². The fraction of sp³-hybridized carbons (Fsp3) is 0.857. The summed E-state index contributed by atoms with van der Waals surface area (Å²) in [5, 5.41) is 96.6. The molecule has 2 fully saturated rings. The topological polar surface area (TPSA) is 335 Å². The zero-order valence-corrected chi connectivity index (χ0v) is 26.8. The Bertz CT molecular complexity index is 1020. The molecular formula is C28H50N4O17. The van der Waals surface area contributed by atoms with E-state index in [1.807, 2.05) is 0 Å². The summed E-state index contributed by atoms with van der Waals surface area (Å²) in [6, 6.07) is -1.16. The first-order valence-electron chi connectivity index (χ1n) is 15.9. The summed E-state index contributed by atoms with van der Waals surface area (Å²) in [5.41, 5.74) is 0. The Balaban J connectivity index is 1.83. The highest BCUT2D eigenvalue weighted by Gasteiger charge is 2.45. The van der Waals surface area contributed by atoms with Gasteiger partial charge in [0.2, 0.25) is 17.7 Å². The van der Waals surface area contributed by atoms with Crippen LogP contribution in [0.4, 0.5) is 4.79 Å². The van der Waals surface area contributed by atoms with Crippen molar-refractivity contribution < 1.29 is 84.1 Å². The summed E-state index contributed by atoms with van der Waals surface area (Å²) >= 11 is 0. The molecular weight excluding hydrogens is 664 g/mol. The molecule has 284 valence electrons. The first-order valence-corrected chi connectivity index (χ1v) is 15.9.